The highest BCUT2D eigenvalue weighted by Crippen LogP contribution is 2.30. The zero-order valence-electron chi connectivity index (χ0n) is 21.7. The van der Waals surface area contributed by atoms with Crippen molar-refractivity contribution < 1.29 is 45.3 Å². The Morgan fingerprint density at radius 2 is 1.70 bits per heavy atom. The van der Waals surface area contributed by atoms with Gasteiger partial charge in [0, 0.05) is 5.56 Å². The number of methoxy groups -OCH3 is 1. The van der Waals surface area contributed by atoms with Gasteiger partial charge in [0.1, 0.15) is 18.6 Å². The van der Waals surface area contributed by atoms with Crippen molar-refractivity contribution in [3.05, 3.63) is 65.2 Å². The summed E-state index contributed by atoms with van der Waals surface area (Å²) in [6.45, 7) is 4.07. The number of hydrogen-bond acceptors (Lipinski definition) is 5. The lowest BCUT2D eigenvalue weighted by Gasteiger charge is -2.43. The summed E-state index contributed by atoms with van der Waals surface area (Å²) < 4.78 is 11.2. The van der Waals surface area contributed by atoms with Crippen LogP contribution in [0.1, 0.15) is 60.0 Å². The van der Waals surface area contributed by atoms with Gasteiger partial charge >= 0.3 is 11.9 Å². The number of halogens is 1. The lowest BCUT2D eigenvalue weighted by molar-refractivity contribution is -0.940. The first-order valence-corrected chi connectivity index (χ1v) is 13.0. The van der Waals surface area contributed by atoms with Crippen LogP contribution in [0.3, 0.4) is 0 Å². The van der Waals surface area contributed by atoms with Gasteiger partial charge in [-0.25, -0.2) is 4.79 Å². The molecule has 8 heteroatoms. The Morgan fingerprint density at radius 1 is 0.973 bits per heavy atom. The third-order valence-corrected chi connectivity index (χ3v) is 7.49. The van der Waals surface area contributed by atoms with Crippen LogP contribution in [-0.2, 0) is 25.6 Å². The number of hydrogen-bond donors (Lipinski definition) is 1. The standard InChI is InChI=1S/C29H36N2O5.BrH/c1-21-10-8-16-25(29(34)35-2)27(21)30-26(32)20-31(18-22-11-4-3-5-12-22)17-9-13-23(19-31)28(33)36-24-14-6-7-15-24;/h3-5,8,10-12,16,23-24H,6-7,9,13-15,17-20H2,1-2H3;1H. The van der Waals surface area contributed by atoms with E-state index in [4.69, 9.17) is 9.47 Å². The van der Waals surface area contributed by atoms with E-state index in [1.54, 1.807) is 12.1 Å². The largest absolute Gasteiger partial charge is 1.00 e. The van der Waals surface area contributed by atoms with Crippen molar-refractivity contribution in [3.63, 3.8) is 0 Å². The summed E-state index contributed by atoms with van der Waals surface area (Å²) in [7, 11) is 1.33. The average molecular weight is 574 g/mol. The van der Waals surface area contributed by atoms with Crippen molar-refractivity contribution in [2.45, 2.75) is 58.1 Å². The summed E-state index contributed by atoms with van der Waals surface area (Å²) in [5.74, 6) is -1.02. The van der Waals surface area contributed by atoms with Crippen molar-refractivity contribution in [2.24, 2.45) is 5.92 Å². The Labute approximate surface area is 229 Å². The number of nitrogens with zero attached hydrogens (tertiary/aromatic N) is 1. The number of esters is 2. The van der Waals surface area contributed by atoms with Gasteiger partial charge in [-0.05, 0) is 57.1 Å². The quantitative estimate of drug-likeness (QED) is 0.384. The van der Waals surface area contributed by atoms with E-state index in [0.29, 0.717) is 28.8 Å². The van der Waals surface area contributed by atoms with Crippen LogP contribution in [0.2, 0.25) is 0 Å². The highest BCUT2D eigenvalue weighted by atomic mass is 79.9. The molecule has 1 saturated heterocycles. The molecule has 2 aromatic rings. The third-order valence-electron chi connectivity index (χ3n) is 7.49. The minimum absolute atomic E-state index is 0. The molecule has 2 aromatic carbocycles. The monoisotopic (exact) mass is 572 g/mol. The Morgan fingerprint density at radius 3 is 2.41 bits per heavy atom. The van der Waals surface area contributed by atoms with E-state index in [9.17, 15) is 14.4 Å². The van der Waals surface area contributed by atoms with Crippen LogP contribution < -0.4 is 22.3 Å². The summed E-state index contributed by atoms with van der Waals surface area (Å²) in [6.07, 6.45) is 5.80. The van der Waals surface area contributed by atoms with Crippen LogP contribution in [-0.4, -0.2) is 55.2 Å². The molecule has 0 bridgehead atoms. The van der Waals surface area contributed by atoms with E-state index < -0.39 is 5.97 Å². The Kier molecular flexibility index (Phi) is 10.3. The smallest absolute Gasteiger partial charge is 0.339 e. The van der Waals surface area contributed by atoms with Crippen LogP contribution in [0.25, 0.3) is 0 Å². The molecule has 0 spiro atoms. The molecule has 1 heterocycles. The molecule has 7 nitrogen and oxygen atoms in total. The molecule has 37 heavy (non-hydrogen) atoms. The van der Waals surface area contributed by atoms with Crippen LogP contribution >= 0.6 is 0 Å². The molecule has 200 valence electrons. The molecule has 1 saturated carbocycles. The van der Waals surface area contributed by atoms with Gasteiger partial charge < -0.3 is 36.3 Å². The molecular weight excluding hydrogens is 536 g/mol. The van der Waals surface area contributed by atoms with Gasteiger partial charge in [-0.15, -0.1) is 0 Å². The van der Waals surface area contributed by atoms with Crippen molar-refractivity contribution in [1.82, 2.24) is 0 Å². The van der Waals surface area contributed by atoms with Gasteiger partial charge in [-0.1, -0.05) is 42.5 Å². The number of carbonyl (C=O) groups is 3. The number of aryl methyl sites for hydroxylation is 1. The molecule has 1 aliphatic carbocycles. The number of piperidine rings is 1. The highest BCUT2D eigenvalue weighted by Gasteiger charge is 2.41. The van der Waals surface area contributed by atoms with Crippen molar-refractivity contribution in [1.29, 1.82) is 0 Å². The van der Waals surface area contributed by atoms with Crippen molar-refractivity contribution in [3.8, 4) is 0 Å². The first-order chi connectivity index (χ1) is 17.4. The second-order valence-electron chi connectivity index (χ2n) is 10.3. The number of benzene rings is 2. The summed E-state index contributed by atoms with van der Waals surface area (Å²) >= 11 is 0. The van der Waals surface area contributed by atoms with Gasteiger partial charge in [0.05, 0.1) is 31.5 Å². The highest BCUT2D eigenvalue weighted by molar-refractivity contribution is 6.02. The summed E-state index contributed by atoms with van der Waals surface area (Å²) in [6, 6.07) is 15.4. The Bertz CT molecular complexity index is 1090. The predicted octanol–water partition coefficient (Wildman–Crippen LogP) is 1.64. The maximum atomic E-state index is 13.5. The van der Waals surface area contributed by atoms with E-state index in [1.807, 2.05) is 31.2 Å². The van der Waals surface area contributed by atoms with Crippen LogP contribution in [0, 0.1) is 12.8 Å². The molecule has 4 rings (SSSR count). The molecule has 1 amide bonds. The second-order valence-corrected chi connectivity index (χ2v) is 10.3. The normalized spacial score (nSPS) is 21.5. The number of rotatable bonds is 8. The maximum absolute atomic E-state index is 13.5. The molecule has 0 aromatic heterocycles. The van der Waals surface area contributed by atoms with Gasteiger partial charge in [0.15, 0.2) is 6.54 Å². The second kappa shape index (κ2) is 13.2. The number of nitrogens with one attached hydrogen (secondary N) is 1. The minimum Gasteiger partial charge on any atom is -1.00 e. The van der Waals surface area contributed by atoms with Crippen molar-refractivity contribution in [2.75, 3.05) is 32.1 Å². The van der Waals surface area contributed by atoms with Gasteiger partial charge in [0.2, 0.25) is 0 Å². The fourth-order valence-corrected chi connectivity index (χ4v) is 5.69. The van der Waals surface area contributed by atoms with Crippen molar-refractivity contribution >= 4 is 23.5 Å². The van der Waals surface area contributed by atoms with E-state index >= 15 is 0 Å². The number of amides is 1. The molecule has 2 atom stereocenters. The minimum atomic E-state index is -0.491. The lowest BCUT2D eigenvalue weighted by atomic mass is 9.94. The molecule has 1 N–H and O–H groups in total. The van der Waals surface area contributed by atoms with Gasteiger partial charge in [-0.2, -0.15) is 0 Å². The zero-order chi connectivity index (χ0) is 25.5. The van der Waals surface area contributed by atoms with E-state index in [-0.39, 0.29) is 47.4 Å². The number of anilines is 1. The third kappa shape index (κ3) is 7.42. The summed E-state index contributed by atoms with van der Waals surface area (Å²) in [4.78, 5) is 38.8. The van der Waals surface area contributed by atoms with Crippen LogP contribution in [0.5, 0.6) is 0 Å². The number of carbonyl (C=O) groups excluding carboxylic acids is 3. The number of quaternary nitrogens is 1. The Hall–Kier alpha value is -2.71. The number of ether oxygens (including phenoxy) is 2. The first-order valence-electron chi connectivity index (χ1n) is 13.0. The molecule has 0 radical (unpaired) electrons. The van der Waals surface area contributed by atoms with Gasteiger partial charge in [0.25, 0.3) is 5.91 Å². The number of para-hydroxylation sites is 1. The Balaban J connectivity index is 0.00000380. The molecule has 1 aliphatic heterocycles. The molecule has 2 unspecified atom stereocenters. The summed E-state index contributed by atoms with van der Waals surface area (Å²) in [5.41, 5.74) is 2.72. The first kappa shape index (κ1) is 28.9. The number of likely N-dealkylation sites (tertiary alicyclic amines) is 1. The van der Waals surface area contributed by atoms with Crippen LogP contribution in [0.4, 0.5) is 5.69 Å². The maximum Gasteiger partial charge on any atom is 0.339 e. The van der Waals surface area contributed by atoms with E-state index in [2.05, 4.69) is 17.4 Å². The molecule has 2 aliphatic rings. The molecular formula is C29H37BrN2O5. The fraction of sp³-hybridized carbons (Fsp3) is 0.483. The topological polar surface area (TPSA) is 81.7 Å². The lowest BCUT2D eigenvalue weighted by Crippen LogP contribution is -3.00. The molecule has 2 fully saturated rings. The van der Waals surface area contributed by atoms with Crippen LogP contribution in [0.15, 0.2) is 48.5 Å². The zero-order valence-corrected chi connectivity index (χ0v) is 23.3. The SMILES string of the molecule is COC(=O)c1cccc(C)c1NC(=O)C[N+]1(Cc2ccccc2)CCCC(C(=O)OC2CCCC2)C1.[Br-]. The predicted molar refractivity (Wildman–Crippen MR) is 137 cm³/mol. The van der Waals surface area contributed by atoms with Gasteiger partial charge in [-0.3, -0.25) is 9.59 Å². The van der Waals surface area contributed by atoms with E-state index in [0.717, 1.165) is 56.2 Å². The van der Waals surface area contributed by atoms with E-state index in [1.165, 1.54) is 7.11 Å². The summed E-state index contributed by atoms with van der Waals surface area (Å²) in [5, 5.41) is 2.98. The average Bonchev–Trinajstić information content (AvgIpc) is 3.38. The fourth-order valence-electron chi connectivity index (χ4n) is 5.69.